The van der Waals surface area contributed by atoms with Crippen molar-refractivity contribution in [1.29, 1.82) is 0 Å². The van der Waals surface area contributed by atoms with Crippen molar-refractivity contribution in [1.82, 2.24) is 30.2 Å². The highest BCUT2D eigenvalue weighted by Crippen LogP contribution is 2.04. The van der Waals surface area contributed by atoms with Gasteiger partial charge in [0.2, 0.25) is 0 Å². The molecule has 0 aromatic carbocycles. The summed E-state index contributed by atoms with van der Waals surface area (Å²) in [5.41, 5.74) is 0. The molecule has 0 bridgehead atoms. The van der Waals surface area contributed by atoms with Gasteiger partial charge in [0, 0.05) is 0 Å². The summed E-state index contributed by atoms with van der Waals surface area (Å²) >= 11 is 0. The number of hydrogen-bond donors (Lipinski definition) is 0. The third-order valence-corrected chi connectivity index (χ3v) is 1.54. The molecule has 0 saturated carbocycles. The minimum Gasteiger partial charge on any atom is -0.358 e. The number of nitro groups is 2. The molecule has 0 unspecified atom stereocenters. The monoisotopic (exact) mass is 254 g/mol. The third kappa shape index (κ3) is 2.26. The molecule has 0 saturated heterocycles. The molecule has 0 N–H and O–H groups in total. The molecule has 2 aromatic rings. The Hall–Kier alpha value is -3.32. The largest absolute Gasteiger partial charge is 0.412 e. The Morgan fingerprint density at radius 1 is 0.944 bits per heavy atom. The van der Waals surface area contributed by atoms with E-state index in [1.165, 1.54) is 0 Å². The number of hydrogen-bond acceptors (Lipinski definition) is 10. The Morgan fingerprint density at radius 2 is 1.33 bits per heavy atom. The summed E-state index contributed by atoms with van der Waals surface area (Å²) in [4.78, 5) is 20.4. The molecule has 2 aromatic heterocycles. The van der Waals surface area contributed by atoms with E-state index < -0.39 is 21.5 Å². The molecule has 18 heavy (non-hydrogen) atoms. The fraction of sp³-hybridized carbons (Fsp3) is 0. The van der Waals surface area contributed by atoms with Crippen molar-refractivity contribution in [2.75, 3.05) is 0 Å². The van der Waals surface area contributed by atoms with Crippen LogP contribution in [-0.4, -0.2) is 40.1 Å². The van der Waals surface area contributed by atoms with Crippen LogP contribution in [0.5, 0.6) is 0 Å². The summed E-state index contributed by atoms with van der Waals surface area (Å²) in [7, 11) is 0. The maximum atomic E-state index is 10.3. The zero-order valence-electron chi connectivity index (χ0n) is 8.26. The molecule has 0 aliphatic carbocycles. The topological polar surface area (TPSA) is 172 Å². The minimum absolute atomic E-state index is 0.515. The Balaban J connectivity index is 2.13. The normalized spacial score (nSPS) is 10.9. The van der Waals surface area contributed by atoms with Gasteiger partial charge in [0.05, 0.1) is 10.4 Å². The molecule has 2 heterocycles. The molecule has 0 aliphatic rings. The highest BCUT2D eigenvalue weighted by Gasteiger charge is 2.13. The zero-order chi connectivity index (χ0) is 13.1. The summed E-state index contributed by atoms with van der Waals surface area (Å²) in [5.74, 6) is -1.03. The van der Waals surface area contributed by atoms with E-state index >= 15 is 0 Å². The molecular weight excluding hydrogens is 252 g/mol. The van der Waals surface area contributed by atoms with Crippen LogP contribution >= 0.6 is 0 Å². The molecule has 0 radical (unpaired) electrons. The van der Waals surface area contributed by atoms with Gasteiger partial charge in [0.15, 0.2) is 12.4 Å². The van der Waals surface area contributed by atoms with Gasteiger partial charge in [-0.3, -0.25) is 0 Å². The predicted molar refractivity (Wildman–Crippen MR) is 49.0 cm³/mol. The van der Waals surface area contributed by atoms with Gasteiger partial charge < -0.3 is 20.2 Å². The maximum Gasteiger partial charge on any atom is 0.412 e. The smallest absolute Gasteiger partial charge is 0.358 e. The van der Waals surface area contributed by atoms with Crippen molar-refractivity contribution in [3.63, 3.8) is 0 Å². The minimum atomic E-state index is -0.765. The number of nitrogens with zero attached hydrogens (tertiary/aromatic N) is 10. The van der Waals surface area contributed by atoms with Gasteiger partial charge in [-0.25, -0.2) is 0 Å². The van der Waals surface area contributed by atoms with Crippen molar-refractivity contribution in [2.24, 2.45) is 10.4 Å². The SMILES string of the molecule is O=[N+]([O-])c1cn(/N=N/n2cc([N+](=O)[O-])nn2)nn1. The van der Waals surface area contributed by atoms with Crippen LogP contribution in [-0.2, 0) is 0 Å². The van der Waals surface area contributed by atoms with Crippen LogP contribution in [0.2, 0.25) is 0 Å². The Bertz CT molecular complexity index is 571. The maximum absolute atomic E-state index is 10.3. The summed E-state index contributed by atoms with van der Waals surface area (Å²) in [6.45, 7) is 0. The lowest BCUT2D eigenvalue weighted by atomic mass is 10.8. The summed E-state index contributed by atoms with van der Waals surface area (Å²) in [6, 6.07) is 0. The quantitative estimate of drug-likeness (QED) is 0.393. The molecule has 14 heteroatoms. The van der Waals surface area contributed by atoms with Gasteiger partial charge in [-0.2, -0.15) is 0 Å². The Morgan fingerprint density at radius 3 is 1.61 bits per heavy atom. The van der Waals surface area contributed by atoms with E-state index in [9.17, 15) is 20.2 Å². The van der Waals surface area contributed by atoms with E-state index in [1.54, 1.807) is 0 Å². The average Bonchev–Trinajstić information content (AvgIpc) is 2.95. The summed E-state index contributed by atoms with van der Waals surface area (Å²) in [5, 5.41) is 40.1. The molecule has 92 valence electrons. The fourth-order valence-corrected chi connectivity index (χ4v) is 0.830. The average molecular weight is 254 g/mol. The highest BCUT2D eigenvalue weighted by atomic mass is 16.6. The molecule has 0 aliphatic heterocycles. The lowest BCUT2D eigenvalue weighted by Gasteiger charge is -1.84. The zero-order valence-corrected chi connectivity index (χ0v) is 8.26. The Labute approximate surface area is 95.8 Å². The standard InChI is InChI=1S/C4H2N10O4/c15-13(16)3-1-11(7-5-3)9-10-12-2-4(6-8-12)14(17)18/h1-2H/b10-9+. The van der Waals surface area contributed by atoms with Crippen LogP contribution in [0, 0.1) is 20.2 Å². The van der Waals surface area contributed by atoms with E-state index in [2.05, 4.69) is 31.1 Å². The van der Waals surface area contributed by atoms with Crippen LogP contribution in [0.1, 0.15) is 0 Å². The summed E-state index contributed by atoms with van der Waals surface area (Å²) in [6.07, 6.45) is 1.80. The predicted octanol–water partition coefficient (Wildman–Crippen LogP) is -0.635. The van der Waals surface area contributed by atoms with Crippen LogP contribution in [0.25, 0.3) is 0 Å². The molecular formula is C4H2N10O4. The molecule has 0 spiro atoms. The molecule has 0 fully saturated rings. The number of aromatic nitrogens is 6. The van der Waals surface area contributed by atoms with Crippen molar-refractivity contribution < 1.29 is 9.85 Å². The first-order valence-electron chi connectivity index (χ1n) is 4.12. The first-order valence-corrected chi connectivity index (χ1v) is 4.12. The van der Waals surface area contributed by atoms with E-state index in [0.29, 0.717) is 9.58 Å². The second-order valence-corrected chi connectivity index (χ2v) is 2.69. The molecule has 2 rings (SSSR count). The second-order valence-electron chi connectivity index (χ2n) is 2.69. The van der Waals surface area contributed by atoms with Crippen LogP contribution in [0.3, 0.4) is 0 Å². The highest BCUT2D eigenvalue weighted by molar-refractivity contribution is 5.09. The van der Waals surface area contributed by atoms with E-state index in [-0.39, 0.29) is 0 Å². The third-order valence-electron chi connectivity index (χ3n) is 1.54. The molecule has 14 nitrogen and oxygen atoms in total. The van der Waals surface area contributed by atoms with Crippen molar-refractivity contribution in [3.05, 3.63) is 32.6 Å². The van der Waals surface area contributed by atoms with Gasteiger partial charge in [0.25, 0.3) is 0 Å². The van der Waals surface area contributed by atoms with Crippen molar-refractivity contribution >= 4 is 11.6 Å². The van der Waals surface area contributed by atoms with Crippen molar-refractivity contribution in [3.8, 4) is 0 Å². The van der Waals surface area contributed by atoms with Gasteiger partial charge in [-0.15, -0.1) is 0 Å². The fourth-order valence-electron chi connectivity index (χ4n) is 0.830. The van der Waals surface area contributed by atoms with E-state index in [0.717, 1.165) is 12.4 Å². The van der Waals surface area contributed by atoms with Crippen LogP contribution < -0.4 is 0 Å². The van der Waals surface area contributed by atoms with Gasteiger partial charge >= 0.3 is 11.6 Å². The second kappa shape index (κ2) is 4.28. The molecule has 0 atom stereocenters. The van der Waals surface area contributed by atoms with Crippen LogP contribution in [0.4, 0.5) is 11.6 Å². The first kappa shape index (κ1) is 11.2. The Kier molecular flexibility index (Phi) is 2.65. The van der Waals surface area contributed by atoms with Crippen molar-refractivity contribution in [2.45, 2.75) is 0 Å². The lowest BCUT2D eigenvalue weighted by molar-refractivity contribution is -0.389. The molecule has 0 amide bonds. The van der Waals surface area contributed by atoms with E-state index in [4.69, 9.17) is 0 Å². The van der Waals surface area contributed by atoms with Gasteiger partial charge in [-0.1, -0.05) is 9.58 Å². The number of rotatable bonds is 4. The van der Waals surface area contributed by atoms with Gasteiger partial charge in [0.1, 0.15) is 10.2 Å². The van der Waals surface area contributed by atoms with E-state index in [1.807, 2.05) is 0 Å². The first-order chi connectivity index (χ1) is 8.56. The van der Waals surface area contributed by atoms with Gasteiger partial charge in [-0.05, 0) is 20.3 Å². The summed E-state index contributed by atoms with van der Waals surface area (Å²) < 4.78 is 0. The lowest BCUT2D eigenvalue weighted by Crippen LogP contribution is -1.92. The van der Waals surface area contributed by atoms with Crippen LogP contribution in [0.15, 0.2) is 22.8 Å².